The van der Waals surface area contributed by atoms with E-state index in [4.69, 9.17) is 10.5 Å². The summed E-state index contributed by atoms with van der Waals surface area (Å²) in [7, 11) is 1.64. The Balaban J connectivity index is 2.13. The number of aryl methyl sites for hydroxylation is 1. The van der Waals surface area contributed by atoms with Crippen LogP contribution in [-0.4, -0.2) is 20.2 Å². The molecule has 1 heterocycles. The fraction of sp³-hybridized carbons (Fsp3) is 0.300. The van der Waals surface area contributed by atoms with Crippen LogP contribution in [0, 0.1) is 5.82 Å². The van der Waals surface area contributed by atoms with E-state index in [1.165, 1.54) is 10.9 Å². The van der Waals surface area contributed by atoms with Gasteiger partial charge in [0, 0.05) is 12.1 Å². The van der Waals surface area contributed by atoms with Crippen molar-refractivity contribution in [1.29, 1.82) is 0 Å². The topological polar surface area (TPSA) is 78.8 Å². The monoisotopic (exact) mass is 237 g/mol. The van der Waals surface area contributed by atoms with Crippen LogP contribution in [0.1, 0.15) is 11.4 Å². The van der Waals surface area contributed by atoms with Gasteiger partial charge in [0.2, 0.25) is 5.82 Å². The molecule has 7 heteroatoms. The molecule has 0 saturated carbocycles. The lowest BCUT2D eigenvalue weighted by atomic mass is 10.2. The van der Waals surface area contributed by atoms with Gasteiger partial charge in [0.1, 0.15) is 0 Å². The van der Waals surface area contributed by atoms with Crippen molar-refractivity contribution >= 4 is 0 Å². The van der Waals surface area contributed by atoms with Crippen molar-refractivity contribution < 1.29 is 9.13 Å². The van der Waals surface area contributed by atoms with E-state index in [2.05, 4.69) is 15.4 Å². The number of rotatable bonds is 4. The molecule has 1 aromatic carbocycles. The van der Waals surface area contributed by atoms with Crippen LogP contribution in [-0.2, 0) is 20.2 Å². The predicted octanol–water partition coefficient (Wildman–Crippen LogP) is 0.387. The molecule has 2 aromatic rings. The van der Waals surface area contributed by atoms with Gasteiger partial charge in [0.25, 0.3) is 0 Å². The first-order valence-electron chi connectivity index (χ1n) is 5.04. The van der Waals surface area contributed by atoms with Crippen LogP contribution in [0.5, 0.6) is 5.75 Å². The van der Waals surface area contributed by atoms with Crippen molar-refractivity contribution in [1.82, 2.24) is 20.2 Å². The Morgan fingerprint density at radius 1 is 1.47 bits per heavy atom. The molecule has 0 aliphatic rings. The summed E-state index contributed by atoms with van der Waals surface area (Å²) in [6.45, 7) is 0.267. The maximum Gasteiger partial charge on any atom is 0.212 e. The van der Waals surface area contributed by atoms with Crippen LogP contribution < -0.4 is 10.5 Å². The van der Waals surface area contributed by atoms with Gasteiger partial charge in [-0.2, -0.15) is 4.80 Å². The normalized spacial score (nSPS) is 10.5. The highest BCUT2D eigenvalue weighted by Gasteiger charge is 2.10. The van der Waals surface area contributed by atoms with E-state index in [9.17, 15) is 4.39 Å². The van der Waals surface area contributed by atoms with Gasteiger partial charge in [0.15, 0.2) is 18.2 Å². The fourth-order valence-electron chi connectivity index (χ4n) is 1.39. The maximum absolute atomic E-state index is 13.5. The summed E-state index contributed by atoms with van der Waals surface area (Å²) in [6, 6.07) is 4.62. The van der Waals surface area contributed by atoms with E-state index in [1.54, 1.807) is 19.2 Å². The van der Waals surface area contributed by atoms with Gasteiger partial charge in [0.05, 0.1) is 7.05 Å². The molecule has 17 heavy (non-hydrogen) atoms. The van der Waals surface area contributed by atoms with Gasteiger partial charge in [-0.05, 0) is 11.3 Å². The zero-order valence-electron chi connectivity index (χ0n) is 9.30. The van der Waals surface area contributed by atoms with Crippen LogP contribution in [0.15, 0.2) is 18.2 Å². The Hall–Kier alpha value is -2.02. The minimum atomic E-state index is -0.447. The van der Waals surface area contributed by atoms with E-state index >= 15 is 0 Å². The summed E-state index contributed by atoms with van der Waals surface area (Å²) in [6.07, 6.45) is 0. The minimum absolute atomic E-state index is 0.0573. The minimum Gasteiger partial charge on any atom is -0.482 e. The number of hydrogen-bond donors (Lipinski definition) is 1. The average Bonchev–Trinajstić information content (AvgIpc) is 2.73. The summed E-state index contributed by atoms with van der Waals surface area (Å²) in [4.78, 5) is 1.31. The molecule has 6 nitrogen and oxygen atoms in total. The first-order chi connectivity index (χ1) is 8.20. The lowest BCUT2D eigenvalue weighted by Crippen LogP contribution is -2.05. The number of para-hydroxylation sites is 1. The van der Waals surface area contributed by atoms with Gasteiger partial charge in [-0.1, -0.05) is 12.1 Å². The quantitative estimate of drug-likeness (QED) is 0.832. The number of benzene rings is 1. The van der Waals surface area contributed by atoms with Crippen LogP contribution in [0.2, 0.25) is 0 Å². The van der Waals surface area contributed by atoms with E-state index in [-0.39, 0.29) is 18.9 Å². The zero-order chi connectivity index (χ0) is 12.3. The molecule has 0 unspecified atom stereocenters. The summed E-state index contributed by atoms with van der Waals surface area (Å²) in [5.74, 6) is 0.0815. The molecule has 1 aromatic heterocycles. The van der Waals surface area contributed by atoms with Crippen LogP contribution in [0.3, 0.4) is 0 Å². The number of ether oxygens (including phenoxy) is 1. The van der Waals surface area contributed by atoms with E-state index in [0.717, 1.165) is 0 Å². The molecule has 90 valence electrons. The molecule has 2 rings (SSSR count). The number of nitrogens with two attached hydrogens (primary N) is 1. The molecular weight excluding hydrogens is 225 g/mol. The van der Waals surface area contributed by atoms with Gasteiger partial charge < -0.3 is 10.5 Å². The number of aromatic nitrogens is 4. The Morgan fingerprint density at radius 3 is 2.94 bits per heavy atom. The Bertz CT molecular complexity index is 513. The molecule has 0 spiro atoms. The molecule has 0 amide bonds. The molecule has 0 atom stereocenters. The molecule has 0 aliphatic carbocycles. The molecular formula is C10H12FN5O. The Labute approximate surface area is 97.2 Å². The van der Waals surface area contributed by atoms with Crippen LogP contribution in [0.4, 0.5) is 4.39 Å². The van der Waals surface area contributed by atoms with Crippen molar-refractivity contribution in [3.8, 4) is 5.75 Å². The summed E-state index contributed by atoms with van der Waals surface area (Å²) >= 11 is 0. The van der Waals surface area contributed by atoms with Gasteiger partial charge in [-0.15, -0.1) is 10.2 Å². The third kappa shape index (κ3) is 2.56. The molecule has 0 saturated heterocycles. The van der Waals surface area contributed by atoms with Gasteiger partial charge in [-0.3, -0.25) is 0 Å². The van der Waals surface area contributed by atoms with Gasteiger partial charge >= 0.3 is 0 Å². The van der Waals surface area contributed by atoms with Crippen molar-refractivity contribution in [3.63, 3.8) is 0 Å². The van der Waals surface area contributed by atoms with Crippen molar-refractivity contribution in [2.24, 2.45) is 12.8 Å². The first kappa shape index (κ1) is 11.5. The maximum atomic E-state index is 13.5. The predicted molar refractivity (Wildman–Crippen MR) is 57.4 cm³/mol. The number of tetrazole rings is 1. The SMILES string of the molecule is Cn1nnc(COc2c(F)cccc2CN)n1. The second-order valence-electron chi connectivity index (χ2n) is 3.42. The Morgan fingerprint density at radius 2 is 2.29 bits per heavy atom. The largest absolute Gasteiger partial charge is 0.482 e. The summed E-state index contributed by atoms with van der Waals surface area (Å²) in [5, 5.41) is 11.3. The molecule has 0 radical (unpaired) electrons. The van der Waals surface area contributed by atoms with Crippen molar-refractivity contribution in [3.05, 3.63) is 35.4 Å². The second-order valence-corrected chi connectivity index (χ2v) is 3.42. The van der Waals surface area contributed by atoms with Crippen LogP contribution >= 0.6 is 0 Å². The van der Waals surface area contributed by atoms with E-state index in [1.807, 2.05) is 0 Å². The van der Waals surface area contributed by atoms with E-state index < -0.39 is 5.82 Å². The highest BCUT2D eigenvalue weighted by molar-refractivity contribution is 5.34. The molecule has 0 fully saturated rings. The van der Waals surface area contributed by atoms with Crippen molar-refractivity contribution in [2.75, 3.05) is 0 Å². The lowest BCUT2D eigenvalue weighted by molar-refractivity contribution is 0.277. The van der Waals surface area contributed by atoms with Crippen molar-refractivity contribution in [2.45, 2.75) is 13.2 Å². The third-order valence-corrected chi connectivity index (χ3v) is 2.16. The number of nitrogens with zero attached hydrogens (tertiary/aromatic N) is 4. The smallest absolute Gasteiger partial charge is 0.212 e. The Kier molecular flexibility index (Phi) is 3.29. The third-order valence-electron chi connectivity index (χ3n) is 2.16. The van der Waals surface area contributed by atoms with E-state index in [0.29, 0.717) is 11.4 Å². The second kappa shape index (κ2) is 4.88. The highest BCUT2D eigenvalue weighted by Crippen LogP contribution is 2.22. The standard InChI is InChI=1S/C10H12FN5O/c1-16-14-9(13-15-16)6-17-10-7(5-12)3-2-4-8(10)11/h2-4H,5-6,12H2,1H3. The summed E-state index contributed by atoms with van der Waals surface area (Å²) < 4.78 is 18.8. The lowest BCUT2D eigenvalue weighted by Gasteiger charge is -2.09. The van der Waals surface area contributed by atoms with Gasteiger partial charge in [-0.25, -0.2) is 4.39 Å². The molecule has 2 N–H and O–H groups in total. The highest BCUT2D eigenvalue weighted by atomic mass is 19.1. The number of hydrogen-bond acceptors (Lipinski definition) is 5. The zero-order valence-corrected chi connectivity index (χ0v) is 9.30. The molecule has 0 aliphatic heterocycles. The number of halogens is 1. The molecule has 0 bridgehead atoms. The average molecular weight is 237 g/mol. The fourth-order valence-corrected chi connectivity index (χ4v) is 1.39. The summed E-state index contributed by atoms with van der Waals surface area (Å²) in [5.41, 5.74) is 6.10. The first-order valence-corrected chi connectivity index (χ1v) is 5.04. The van der Waals surface area contributed by atoms with Crippen LogP contribution in [0.25, 0.3) is 0 Å².